The van der Waals surface area contributed by atoms with Gasteiger partial charge in [-0.25, -0.2) is 8.78 Å². The fourth-order valence-corrected chi connectivity index (χ4v) is 1.83. The van der Waals surface area contributed by atoms with Crippen molar-refractivity contribution in [3.63, 3.8) is 0 Å². The van der Waals surface area contributed by atoms with Gasteiger partial charge in [0.1, 0.15) is 6.61 Å². The molecule has 6 heteroatoms. The molecule has 1 aromatic rings. The molecule has 1 N–H and O–H groups in total. The van der Waals surface area contributed by atoms with Crippen molar-refractivity contribution in [2.45, 2.75) is 38.7 Å². The van der Waals surface area contributed by atoms with Crippen molar-refractivity contribution in [2.75, 3.05) is 19.7 Å². The summed E-state index contributed by atoms with van der Waals surface area (Å²) < 4.78 is 54.3. The maximum absolute atomic E-state index is 12.8. The summed E-state index contributed by atoms with van der Waals surface area (Å²) in [5.41, 5.74) is 1.72. The van der Waals surface area contributed by atoms with E-state index in [1.54, 1.807) is 12.1 Å². The van der Waals surface area contributed by atoms with Gasteiger partial charge in [0.15, 0.2) is 0 Å². The highest BCUT2D eigenvalue weighted by Crippen LogP contribution is 2.23. The van der Waals surface area contributed by atoms with E-state index in [1.165, 1.54) is 0 Å². The number of nitrogens with one attached hydrogen (secondary N) is 1. The number of hydrogen-bond acceptors (Lipinski definition) is 2. The van der Waals surface area contributed by atoms with Crippen LogP contribution in [0.15, 0.2) is 24.3 Å². The highest BCUT2D eigenvalue weighted by atomic mass is 19.3. The number of hydrogen-bond donors (Lipinski definition) is 1. The summed E-state index contributed by atoms with van der Waals surface area (Å²) in [5, 5.41) is 3.25. The number of ether oxygens (including phenoxy) is 1. The van der Waals surface area contributed by atoms with Crippen LogP contribution in [0.5, 0.6) is 0 Å². The van der Waals surface area contributed by atoms with Crippen molar-refractivity contribution in [1.82, 2.24) is 5.32 Å². The lowest BCUT2D eigenvalue weighted by molar-refractivity contribution is -0.168. The van der Waals surface area contributed by atoms with Gasteiger partial charge in [-0.3, -0.25) is 0 Å². The average molecular weight is 307 g/mol. The van der Waals surface area contributed by atoms with E-state index in [0.717, 1.165) is 37.1 Å². The minimum absolute atomic E-state index is 0.0910. The molecule has 0 aliphatic carbocycles. The van der Waals surface area contributed by atoms with Crippen LogP contribution >= 0.6 is 0 Å². The minimum Gasteiger partial charge on any atom is -0.370 e. The summed E-state index contributed by atoms with van der Waals surface area (Å²) >= 11 is 0. The summed E-state index contributed by atoms with van der Waals surface area (Å²) in [6.45, 7) is 2.40. The molecule has 0 atom stereocenters. The first-order valence-electron chi connectivity index (χ1n) is 6.98. The van der Waals surface area contributed by atoms with Crippen LogP contribution in [0, 0.1) is 0 Å². The van der Waals surface area contributed by atoms with Gasteiger partial charge in [0.25, 0.3) is 0 Å². The van der Waals surface area contributed by atoms with Gasteiger partial charge in [-0.15, -0.1) is 0 Å². The van der Waals surface area contributed by atoms with E-state index in [9.17, 15) is 17.6 Å². The summed E-state index contributed by atoms with van der Waals surface area (Å²) in [7, 11) is 0. The van der Waals surface area contributed by atoms with E-state index < -0.39 is 19.0 Å². The second-order valence-corrected chi connectivity index (χ2v) is 4.82. The van der Waals surface area contributed by atoms with E-state index >= 15 is 0 Å². The fraction of sp³-hybridized carbons (Fsp3) is 0.600. The van der Waals surface area contributed by atoms with Crippen molar-refractivity contribution < 1.29 is 22.3 Å². The van der Waals surface area contributed by atoms with E-state index in [0.29, 0.717) is 0 Å². The molecule has 0 radical (unpaired) electrons. The third-order valence-corrected chi connectivity index (χ3v) is 2.99. The van der Waals surface area contributed by atoms with Gasteiger partial charge in [-0.05, 0) is 37.1 Å². The number of benzene rings is 1. The van der Waals surface area contributed by atoms with Crippen molar-refractivity contribution in [1.29, 1.82) is 0 Å². The maximum Gasteiger partial charge on any atom is 0.330 e. The Labute approximate surface area is 122 Å². The summed E-state index contributed by atoms with van der Waals surface area (Å²) in [5.74, 6) is -4.10. The standard InChI is InChI=1S/C15H21F4NO/c1-2-8-20-9-7-12-5-3-4-6-13(12)10-21-11-15(18,19)14(16)17/h3-6,14,20H,2,7-11H2,1H3. The van der Waals surface area contributed by atoms with Crippen LogP contribution in [0.25, 0.3) is 0 Å². The normalized spacial score (nSPS) is 12.1. The molecule has 0 amide bonds. The molecule has 0 aliphatic rings. The van der Waals surface area contributed by atoms with Gasteiger partial charge in [-0.1, -0.05) is 31.2 Å². The van der Waals surface area contributed by atoms with Gasteiger partial charge in [0.2, 0.25) is 0 Å². The van der Waals surface area contributed by atoms with Crippen LogP contribution in [0.3, 0.4) is 0 Å². The molecule has 21 heavy (non-hydrogen) atoms. The molecular formula is C15H21F4NO. The van der Waals surface area contributed by atoms with Gasteiger partial charge in [-0.2, -0.15) is 8.78 Å². The molecule has 0 heterocycles. The molecule has 0 aromatic heterocycles. The van der Waals surface area contributed by atoms with Crippen LogP contribution in [-0.2, 0) is 17.8 Å². The Balaban J connectivity index is 2.47. The molecule has 0 aliphatic heterocycles. The topological polar surface area (TPSA) is 21.3 Å². The third kappa shape index (κ3) is 6.44. The Morgan fingerprint density at radius 1 is 1.14 bits per heavy atom. The van der Waals surface area contributed by atoms with Crippen molar-refractivity contribution in [3.05, 3.63) is 35.4 Å². The van der Waals surface area contributed by atoms with E-state index in [1.807, 2.05) is 12.1 Å². The predicted molar refractivity (Wildman–Crippen MR) is 73.9 cm³/mol. The zero-order valence-electron chi connectivity index (χ0n) is 12.0. The molecule has 0 spiro atoms. The molecule has 1 rings (SSSR count). The number of rotatable bonds is 10. The predicted octanol–water partition coefficient (Wildman–Crippen LogP) is 3.65. The van der Waals surface area contributed by atoms with Gasteiger partial charge >= 0.3 is 12.3 Å². The van der Waals surface area contributed by atoms with Crippen LogP contribution in [0.4, 0.5) is 17.6 Å². The molecule has 120 valence electrons. The molecule has 1 aromatic carbocycles. The fourth-order valence-electron chi connectivity index (χ4n) is 1.83. The Kier molecular flexibility index (Phi) is 7.67. The monoisotopic (exact) mass is 307 g/mol. The number of halogens is 4. The maximum atomic E-state index is 12.8. The second-order valence-electron chi connectivity index (χ2n) is 4.82. The SMILES string of the molecule is CCCNCCc1ccccc1COCC(F)(F)C(F)F. The summed E-state index contributed by atoms with van der Waals surface area (Å²) in [6.07, 6.45) is -1.93. The quantitative estimate of drug-likeness (QED) is 0.526. The third-order valence-electron chi connectivity index (χ3n) is 2.99. The highest BCUT2D eigenvalue weighted by Gasteiger charge is 2.40. The summed E-state index contributed by atoms with van der Waals surface area (Å²) in [6, 6.07) is 7.27. The second kappa shape index (κ2) is 9.00. The molecule has 0 unspecified atom stereocenters. The molecule has 0 saturated heterocycles. The van der Waals surface area contributed by atoms with Crippen molar-refractivity contribution in [2.24, 2.45) is 0 Å². The van der Waals surface area contributed by atoms with Crippen LogP contribution < -0.4 is 5.32 Å². The zero-order chi connectivity index (χ0) is 15.7. The molecule has 0 bridgehead atoms. The van der Waals surface area contributed by atoms with Crippen LogP contribution in [-0.4, -0.2) is 32.0 Å². The summed E-state index contributed by atoms with van der Waals surface area (Å²) in [4.78, 5) is 0. The van der Waals surface area contributed by atoms with Crippen molar-refractivity contribution >= 4 is 0 Å². The Hall–Kier alpha value is -1.14. The first-order valence-corrected chi connectivity index (χ1v) is 6.98. The highest BCUT2D eigenvalue weighted by molar-refractivity contribution is 5.26. The molecule has 2 nitrogen and oxygen atoms in total. The van der Waals surface area contributed by atoms with Gasteiger partial charge in [0, 0.05) is 0 Å². The van der Waals surface area contributed by atoms with E-state index in [-0.39, 0.29) is 6.61 Å². The Morgan fingerprint density at radius 3 is 2.43 bits per heavy atom. The first-order chi connectivity index (χ1) is 9.97. The van der Waals surface area contributed by atoms with Gasteiger partial charge < -0.3 is 10.1 Å². The van der Waals surface area contributed by atoms with Crippen LogP contribution in [0.1, 0.15) is 24.5 Å². The Morgan fingerprint density at radius 2 is 1.81 bits per heavy atom. The van der Waals surface area contributed by atoms with E-state index in [2.05, 4.69) is 12.2 Å². The molecule has 0 fully saturated rings. The minimum atomic E-state index is -4.10. The molecule has 0 saturated carbocycles. The van der Waals surface area contributed by atoms with Gasteiger partial charge in [0.05, 0.1) is 6.61 Å². The van der Waals surface area contributed by atoms with Crippen LogP contribution in [0.2, 0.25) is 0 Å². The van der Waals surface area contributed by atoms with E-state index in [4.69, 9.17) is 4.74 Å². The van der Waals surface area contributed by atoms with Crippen molar-refractivity contribution in [3.8, 4) is 0 Å². The average Bonchev–Trinajstić information content (AvgIpc) is 2.44. The Bertz CT molecular complexity index is 412. The first kappa shape index (κ1) is 17.9. The smallest absolute Gasteiger partial charge is 0.330 e. The largest absolute Gasteiger partial charge is 0.370 e. The number of alkyl halides is 4. The zero-order valence-corrected chi connectivity index (χ0v) is 12.0. The lowest BCUT2D eigenvalue weighted by atomic mass is 10.1. The lowest BCUT2D eigenvalue weighted by Gasteiger charge is -2.16. The molecular weight excluding hydrogens is 286 g/mol. The lowest BCUT2D eigenvalue weighted by Crippen LogP contribution is -2.32.